The van der Waals surface area contributed by atoms with Crippen molar-refractivity contribution in [2.45, 2.75) is 45.6 Å². The van der Waals surface area contributed by atoms with Crippen molar-refractivity contribution < 1.29 is 19.1 Å². The molecule has 0 aromatic carbocycles. The number of amides is 2. The Balaban J connectivity index is 2.55. The van der Waals surface area contributed by atoms with Gasteiger partial charge in [0.15, 0.2) is 0 Å². The van der Waals surface area contributed by atoms with Crippen LogP contribution in [0.1, 0.15) is 39.5 Å². The summed E-state index contributed by atoms with van der Waals surface area (Å²) in [5.74, 6) is -0.0488. The first-order chi connectivity index (χ1) is 10.5. The van der Waals surface area contributed by atoms with Crippen LogP contribution in [0.3, 0.4) is 0 Å². The minimum absolute atomic E-state index is 0.101. The SMILES string of the molecule is CC(C)CCOC(=O)CC1C(=O)NCCN1C(=O)CCCCl. The largest absolute Gasteiger partial charge is 0.466 e. The highest BCUT2D eigenvalue weighted by Gasteiger charge is 2.34. The molecule has 1 rings (SSSR count). The van der Waals surface area contributed by atoms with Gasteiger partial charge in [-0.2, -0.15) is 0 Å². The lowest BCUT2D eigenvalue weighted by Crippen LogP contribution is -2.57. The van der Waals surface area contributed by atoms with Crippen LogP contribution < -0.4 is 5.32 Å². The molecule has 1 heterocycles. The zero-order valence-corrected chi connectivity index (χ0v) is 14.0. The molecule has 1 atom stereocenters. The molecule has 1 fully saturated rings. The summed E-state index contributed by atoms with van der Waals surface area (Å²) >= 11 is 5.59. The van der Waals surface area contributed by atoms with Crippen molar-refractivity contribution in [1.29, 1.82) is 0 Å². The van der Waals surface area contributed by atoms with Gasteiger partial charge in [0, 0.05) is 25.4 Å². The molecule has 0 saturated carbocycles. The Labute approximate surface area is 136 Å². The van der Waals surface area contributed by atoms with Crippen LogP contribution in [0, 0.1) is 5.92 Å². The van der Waals surface area contributed by atoms with Crippen molar-refractivity contribution in [3.63, 3.8) is 0 Å². The van der Waals surface area contributed by atoms with E-state index in [2.05, 4.69) is 5.32 Å². The Morgan fingerprint density at radius 2 is 2.18 bits per heavy atom. The van der Waals surface area contributed by atoms with Crippen molar-refractivity contribution in [1.82, 2.24) is 10.2 Å². The molecule has 1 unspecified atom stereocenters. The number of piperazine rings is 1. The Morgan fingerprint density at radius 1 is 1.45 bits per heavy atom. The molecule has 22 heavy (non-hydrogen) atoms. The standard InChI is InChI=1S/C15H25ClN2O4/c1-11(2)5-9-22-14(20)10-12-15(21)17-7-8-18(12)13(19)4-3-6-16/h11-12H,3-10H2,1-2H3,(H,17,21). The topological polar surface area (TPSA) is 75.7 Å². The molecule has 2 amide bonds. The van der Waals surface area contributed by atoms with Crippen molar-refractivity contribution in [3.8, 4) is 0 Å². The fourth-order valence-electron chi connectivity index (χ4n) is 2.20. The lowest BCUT2D eigenvalue weighted by molar-refractivity contribution is -0.152. The molecule has 1 saturated heterocycles. The van der Waals surface area contributed by atoms with Crippen LogP contribution in [0.2, 0.25) is 0 Å². The van der Waals surface area contributed by atoms with E-state index in [1.54, 1.807) is 0 Å². The fraction of sp³-hybridized carbons (Fsp3) is 0.800. The number of hydrogen-bond acceptors (Lipinski definition) is 4. The van der Waals surface area contributed by atoms with Gasteiger partial charge in [-0.05, 0) is 18.8 Å². The number of nitrogens with zero attached hydrogens (tertiary/aromatic N) is 1. The molecule has 0 radical (unpaired) electrons. The van der Waals surface area contributed by atoms with Gasteiger partial charge in [0.25, 0.3) is 0 Å². The zero-order chi connectivity index (χ0) is 16.5. The maximum absolute atomic E-state index is 12.1. The van der Waals surface area contributed by atoms with E-state index in [1.807, 2.05) is 13.8 Å². The Kier molecular flexibility index (Phi) is 8.24. The number of hydrogen-bond donors (Lipinski definition) is 1. The van der Waals surface area contributed by atoms with Gasteiger partial charge in [0.1, 0.15) is 6.04 Å². The van der Waals surface area contributed by atoms with Crippen molar-refractivity contribution in [2.75, 3.05) is 25.6 Å². The lowest BCUT2D eigenvalue weighted by atomic mass is 10.1. The summed E-state index contributed by atoms with van der Waals surface area (Å²) in [6, 6.07) is -0.775. The number of carbonyl (C=O) groups is 3. The van der Waals surface area contributed by atoms with Crippen LogP contribution >= 0.6 is 11.6 Å². The number of alkyl halides is 1. The normalized spacial score (nSPS) is 18.3. The highest BCUT2D eigenvalue weighted by atomic mass is 35.5. The number of rotatable bonds is 8. The van der Waals surface area contributed by atoms with Gasteiger partial charge in [-0.25, -0.2) is 0 Å². The number of carbonyl (C=O) groups excluding carboxylic acids is 3. The highest BCUT2D eigenvalue weighted by molar-refractivity contribution is 6.17. The average Bonchev–Trinajstić information content (AvgIpc) is 2.46. The van der Waals surface area contributed by atoms with Gasteiger partial charge in [0.05, 0.1) is 13.0 Å². The third-order valence-corrected chi connectivity index (χ3v) is 3.76. The molecule has 6 nitrogen and oxygen atoms in total. The van der Waals surface area contributed by atoms with E-state index in [-0.39, 0.29) is 24.7 Å². The lowest BCUT2D eigenvalue weighted by Gasteiger charge is -2.34. The van der Waals surface area contributed by atoms with Gasteiger partial charge >= 0.3 is 5.97 Å². The second-order valence-corrected chi connectivity index (χ2v) is 6.17. The number of halogens is 1. The number of nitrogens with one attached hydrogen (secondary N) is 1. The van der Waals surface area contributed by atoms with Gasteiger partial charge in [0.2, 0.25) is 11.8 Å². The quantitative estimate of drug-likeness (QED) is 0.537. The maximum Gasteiger partial charge on any atom is 0.308 e. The molecule has 1 aliphatic heterocycles. The molecule has 1 aliphatic rings. The third-order valence-electron chi connectivity index (χ3n) is 3.49. The molecular formula is C15H25ClN2O4. The Morgan fingerprint density at radius 3 is 2.82 bits per heavy atom. The van der Waals surface area contributed by atoms with E-state index in [0.717, 1.165) is 6.42 Å². The summed E-state index contributed by atoms with van der Waals surface area (Å²) in [5, 5.41) is 2.69. The second kappa shape index (κ2) is 9.66. The van der Waals surface area contributed by atoms with Crippen LogP contribution in [0.25, 0.3) is 0 Å². The number of ether oxygens (including phenoxy) is 1. The summed E-state index contributed by atoms with van der Waals surface area (Å²) in [4.78, 5) is 37.4. The van der Waals surface area contributed by atoms with Gasteiger partial charge in [-0.3, -0.25) is 14.4 Å². The van der Waals surface area contributed by atoms with Crippen LogP contribution in [0.5, 0.6) is 0 Å². The first kappa shape index (κ1) is 18.7. The van der Waals surface area contributed by atoms with Crippen LogP contribution in [0.15, 0.2) is 0 Å². The van der Waals surface area contributed by atoms with E-state index in [9.17, 15) is 14.4 Å². The smallest absolute Gasteiger partial charge is 0.308 e. The minimum atomic E-state index is -0.775. The van der Waals surface area contributed by atoms with Crippen molar-refractivity contribution in [3.05, 3.63) is 0 Å². The molecule has 0 aliphatic carbocycles. The van der Waals surface area contributed by atoms with Gasteiger partial charge in [-0.1, -0.05) is 13.8 Å². The van der Waals surface area contributed by atoms with Crippen LogP contribution in [-0.2, 0) is 19.1 Å². The first-order valence-corrected chi connectivity index (χ1v) is 8.28. The first-order valence-electron chi connectivity index (χ1n) is 7.74. The van der Waals surface area contributed by atoms with Crippen LogP contribution in [0.4, 0.5) is 0 Å². The van der Waals surface area contributed by atoms with Gasteiger partial charge < -0.3 is 15.0 Å². The molecule has 1 N–H and O–H groups in total. The van der Waals surface area contributed by atoms with Crippen molar-refractivity contribution >= 4 is 29.4 Å². The van der Waals surface area contributed by atoms with E-state index in [4.69, 9.17) is 16.3 Å². The molecule has 0 spiro atoms. The molecule has 7 heteroatoms. The predicted octanol–water partition coefficient (Wildman–Crippen LogP) is 1.31. The summed E-state index contributed by atoms with van der Waals surface area (Å²) in [6.07, 6.45) is 1.53. The summed E-state index contributed by atoms with van der Waals surface area (Å²) in [6.45, 7) is 5.24. The number of esters is 1. The monoisotopic (exact) mass is 332 g/mol. The zero-order valence-electron chi connectivity index (χ0n) is 13.3. The fourth-order valence-corrected chi connectivity index (χ4v) is 2.34. The molecule has 126 valence electrons. The van der Waals surface area contributed by atoms with E-state index in [1.165, 1.54) is 4.90 Å². The van der Waals surface area contributed by atoms with E-state index in [0.29, 0.717) is 37.9 Å². The van der Waals surface area contributed by atoms with E-state index >= 15 is 0 Å². The average molecular weight is 333 g/mol. The molecule has 0 aromatic rings. The van der Waals surface area contributed by atoms with Crippen LogP contribution in [-0.4, -0.2) is 54.3 Å². The summed E-state index contributed by atoms with van der Waals surface area (Å²) < 4.78 is 5.14. The molecular weight excluding hydrogens is 308 g/mol. The molecule has 0 bridgehead atoms. The maximum atomic E-state index is 12.1. The third kappa shape index (κ3) is 6.22. The summed E-state index contributed by atoms with van der Waals surface area (Å²) in [5.41, 5.74) is 0. The van der Waals surface area contributed by atoms with Gasteiger partial charge in [-0.15, -0.1) is 11.6 Å². The van der Waals surface area contributed by atoms with Crippen molar-refractivity contribution in [2.24, 2.45) is 5.92 Å². The Bertz CT molecular complexity index is 401. The summed E-state index contributed by atoms with van der Waals surface area (Å²) in [7, 11) is 0. The minimum Gasteiger partial charge on any atom is -0.466 e. The Hall–Kier alpha value is -1.30. The highest BCUT2D eigenvalue weighted by Crippen LogP contribution is 2.13. The predicted molar refractivity (Wildman–Crippen MR) is 83.5 cm³/mol. The van der Waals surface area contributed by atoms with E-state index < -0.39 is 12.0 Å². The second-order valence-electron chi connectivity index (χ2n) is 5.79. The molecule has 0 aromatic heterocycles.